The molecule has 0 radical (unpaired) electrons. The van der Waals surface area contributed by atoms with Gasteiger partial charge in [0, 0.05) is 6.42 Å². The van der Waals surface area contributed by atoms with Crippen molar-refractivity contribution in [3.05, 3.63) is 0 Å². The van der Waals surface area contributed by atoms with Gasteiger partial charge in [-0.05, 0) is 6.42 Å². The van der Waals surface area contributed by atoms with Crippen molar-refractivity contribution in [2.24, 2.45) is 0 Å². The first-order chi connectivity index (χ1) is 5.77. The van der Waals surface area contributed by atoms with Gasteiger partial charge in [-0.2, -0.15) is 0 Å². The quantitative estimate of drug-likeness (QED) is 0.431. The maximum Gasteiger partial charge on any atom is 1.00 e. The Morgan fingerprint density at radius 3 is 2.00 bits per heavy atom. The molecule has 0 aromatic carbocycles. The van der Waals surface area contributed by atoms with E-state index in [1.807, 2.05) is 0 Å². The van der Waals surface area contributed by atoms with Gasteiger partial charge in [0.2, 0.25) is 0 Å². The maximum absolute atomic E-state index is 10.1. The van der Waals surface area contributed by atoms with E-state index in [-0.39, 0.29) is 20.3 Å². The molecule has 0 aliphatic heterocycles. The monoisotopic (exact) mass is 180 g/mol. The molecular weight excluding hydrogens is 159 g/mol. The van der Waals surface area contributed by atoms with Crippen LogP contribution in [0.5, 0.6) is 0 Å². The summed E-state index contributed by atoms with van der Waals surface area (Å²) in [4.78, 5) is 10.1. The van der Waals surface area contributed by atoms with Gasteiger partial charge in [0.05, 0.1) is 0 Å². The van der Waals surface area contributed by atoms with Gasteiger partial charge in [-0.3, -0.25) is 4.79 Å². The minimum atomic E-state index is -0.663. The van der Waals surface area contributed by atoms with Crippen LogP contribution in [0.3, 0.4) is 0 Å². The van der Waals surface area contributed by atoms with Crippen molar-refractivity contribution in [1.82, 2.24) is 0 Å². The van der Waals surface area contributed by atoms with E-state index in [9.17, 15) is 4.79 Å². The molecule has 0 unspecified atom stereocenters. The van der Waals surface area contributed by atoms with Crippen LogP contribution in [0.2, 0.25) is 0 Å². The zero-order chi connectivity index (χ0) is 9.23. The first-order valence-corrected chi connectivity index (χ1v) is 4.99. The minimum Gasteiger partial charge on any atom is -1.00 e. The second kappa shape index (κ2) is 12.1. The Balaban J connectivity index is -0.000000605. The van der Waals surface area contributed by atoms with Gasteiger partial charge in [0.25, 0.3) is 0 Å². The number of carboxylic acid groups (broad SMARTS) is 1. The predicted octanol–water partition coefficient (Wildman–Crippen LogP) is 0.328. The largest absolute Gasteiger partial charge is 1.00 e. The third kappa shape index (κ3) is 14.9. The molecule has 0 saturated carbocycles. The zero-order valence-corrected chi connectivity index (χ0v) is 9.01. The van der Waals surface area contributed by atoms with Crippen LogP contribution in [0.15, 0.2) is 0 Å². The number of hydrogen-bond acceptors (Lipinski definition) is 1. The molecule has 0 bridgehead atoms. The van der Waals surface area contributed by atoms with Gasteiger partial charge in [0.15, 0.2) is 0 Å². The van der Waals surface area contributed by atoms with E-state index in [0.717, 1.165) is 12.8 Å². The summed E-state index contributed by atoms with van der Waals surface area (Å²) in [5.74, 6) is -0.663. The fourth-order valence-corrected chi connectivity index (χ4v) is 1.23. The van der Waals surface area contributed by atoms with Crippen molar-refractivity contribution in [1.29, 1.82) is 0 Å². The van der Waals surface area contributed by atoms with Gasteiger partial charge in [-0.25, -0.2) is 0 Å². The average molecular weight is 180 g/mol. The SMILES string of the molecule is CCCCCCCCCC(=O)O.[H-].[Li+]. The number of carbonyl (C=O) groups is 1. The van der Waals surface area contributed by atoms with Gasteiger partial charge >= 0.3 is 24.8 Å². The molecule has 0 rings (SSSR count). The predicted molar refractivity (Wildman–Crippen MR) is 51.4 cm³/mol. The number of carboxylic acids is 1. The van der Waals surface area contributed by atoms with Crippen LogP contribution in [-0.2, 0) is 4.79 Å². The average Bonchev–Trinajstić information content (AvgIpc) is 2.02. The van der Waals surface area contributed by atoms with Crippen LogP contribution in [-0.4, -0.2) is 11.1 Å². The Hall–Kier alpha value is 0.0674. The molecule has 3 heteroatoms. The topological polar surface area (TPSA) is 37.3 Å². The minimum absolute atomic E-state index is 0. The Morgan fingerprint density at radius 2 is 1.54 bits per heavy atom. The van der Waals surface area contributed by atoms with E-state index in [1.54, 1.807) is 0 Å². The molecule has 0 amide bonds. The summed E-state index contributed by atoms with van der Waals surface area (Å²) >= 11 is 0. The van der Waals surface area contributed by atoms with Crippen molar-refractivity contribution in [3.63, 3.8) is 0 Å². The van der Waals surface area contributed by atoms with Crippen LogP contribution in [0.1, 0.15) is 59.7 Å². The standard InChI is InChI=1S/C10H20O2.Li.H/c1-2-3-4-5-6-7-8-9-10(11)12;;/h2-9H2,1H3,(H,11,12);;/q;+1;-1. The Kier molecular flexibility index (Phi) is 14.4. The molecule has 1 N–H and O–H groups in total. The van der Waals surface area contributed by atoms with Crippen molar-refractivity contribution < 1.29 is 30.2 Å². The summed E-state index contributed by atoms with van der Waals surface area (Å²) in [7, 11) is 0. The van der Waals surface area contributed by atoms with E-state index in [1.165, 1.54) is 32.1 Å². The van der Waals surface area contributed by atoms with E-state index in [2.05, 4.69) is 6.92 Å². The van der Waals surface area contributed by atoms with Crippen LogP contribution in [0.4, 0.5) is 0 Å². The molecule has 2 nitrogen and oxygen atoms in total. The van der Waals surface area contributed by atoms with Gasteiger partial charge < -0.3 is 6.53 Å². The van der Waals surface area contributed by atoms with E-state index >= 15 is 0 Å². The van der Waals surface area contributed by atoms with Gasteiger partial charge in [-0.15, -0.1) is 0 Å². The molecule has 0 heterocycles. The number of aliphatic carboxylic acids is 1. The fourth-order valence-electron chi connectivity index (χ4n) is 1.23. The molecule has 0 aromatic heterocycles. The molecule has 0 aromatic rings. The van der Waals surface area contributed by atoms with Crippen LogP contribution in [0.25, 0.3) is 0 Å². The molecule has 74 valence electrons. The molecule has 0 atom stereocenters. The summed E-state index contributed by atoms with van der Waals surface area (Å²) in [5, 5.41) is 8.35. The molecule has 0 saturated heterocycles. The first kappa shape index (κ1) is 15.5. The third-order valence-corrected chi connectivity index (χ3v) is 1.99. The van der Waals surface area contributed by atoms with Crippen LogP contribution < -0.4 is 18.9 Å². The Bertz CT molecular complexity index is 121. The summed E-state index contributed by atoms with van der Waals surface area (Å²) in [5.41, 5.74) is 0. The third-order valence-electron chi connectivity index (χ3n) is 1.99. The molecule has 0 aliphatic rings. The summed E-state index contributed by atoms with van der Waals surface area (Å²) in [6.45, 7) is 2.20. The van der Waals surface area contributed by atoms with E-state index in [4.69, 9.17) is 5.11 Å². The second-order valence-electron chi connectivity index (χ2n) is 3.27. The summed E-state index contributed by atoms with van der Waals surface area (Å²) < 4.78 is 0. The van der Waals surface area contributed by atoms with Crippen LogP contribution >= 0.6 is 0 Å². The number of hydrogen-bond donors (Lipinski definition) is 1. The van der Waals surface area contributed by atoms with Crippen molar-refractivity contribution in [3.8, 4) is 0 Å². The Morgan fingerprint density at radius 1 is 1.08 bits per heavy atom. The molecular formula is C10H21LiO2. The van der Waals surface area contributed by atoms with Crippen molar-refractivity contribution in [2.45, 2.75) is 58.3 Å². The molecule has 0 spiro atoms. The maximum atomic E-state index is 10.1. The number of rotatable bonds is 8. The van der Waals surface area contributed by atoms with Crippen LogP contribution in [0, 0.1) is 0 Å². The molecule has 13 heavy (non-hydrogen) atoms. The van der Waals surface area contributed by atoms with Crippen molar-refractivity contribution in [2.75, 3.05) is 0 Å². The summed E-state index contributed by atoms with van der Waals surface area (Å²) in [6, 6.07) is 0. The zero-order valence-electron chi connectivity index (χ0n) is 10.0. The Labute approximate surface area is 94.8 Å². The molecule has 0 aliphatic carbocycles. The molecule has 0 fully saturated rings. The van der Waals surface area contributed by atoms with E-state index in [0.29, 0.717) is 6.42 Å². The van der Waals surface area contributed by atoms with E-state index < -0.39 is 5.97 Å². The smallest absolute Gasteiger partial charge is 1.00 e. The number of unbranched alkanes of at least 4 members (excludes halogenated alkanes) is 6. The first-order valence-electron chi connectivity index (χ1n) is 4.99. The summed E-state index contributed by atoms with van der Waals surface area (Å²) in [6.07, 6.45) is 8.64. The normalized spacial score (nSPS) is 9.31. The van der Waals surface area contributed by atoms with Crippen molar-refractivity contribution >= 4 is 5.97 Å². The second-order valence-corrected chi connectivity index (χ2v) is 3.27. The fraction of sp³-hybridized carbons (Fsp3) is 0.900. The van der Waals surface area contributed by atoms with Gasteiger partial charge in [0.1, 0.15) is 0 Å². The van der Waals surface area contributed by atoms with Gasteiger partial charge in [-0.1, -0.05) is 45.4 Å².